The van der Waals surface area contributed by atoms with E-state index in [1.807, 2.05) is 6.92 Å². The van der Waals surface area contributed by atoms with Gasteiger partial charge in [-0.2, -0.15) is 0 Å². The van der Waals surface area contributed by atoms with Crippen LogP contribution in [0.3, 0.4) is 0 Å². The number of piperidine rings is 1. The predicted octanol–water partition coefficient (Wildman–Crippen LogP) is 4.90. The number of fused-ring (bicyclic) bond motifs is 1. The van der Waals surface area contributed by atoms with Gasteiger partial charge in [0.1, 0.15) is 10.7 Å². The highest BCUT2D eigenvalue weighted by Gasteiger charge is 2.19. The summed E-state index contributed by atoms with van der Waals surface area (Å²) < 4.78 is 0. The van der Waals surface area contributed by atoms with E-state index in [1.165, 1.54) is 23.9 Å². The lowest BCUT2D eigenvalue weighted by atomic mass is 9.98. The average molecular weight is 323 g/mol. The van der Waals surface area contributed by atoms with Gasteiger partial charge in [0.2, 0.25) is 0 Å². The molecule has 3 heterocycles. The first-order chi connectivity index (χ1) is 11.2. The minimum atomic E-state index is 0.834. The molecule has 0 spiro atoms. The van der Waals surface area contributed by atoms with Crippen molar-refractivity contribution in [1.29, 1.82) is 0 Å². The Morgan fingerprint density at radius 1 is 1.13 bits per heavy atom. The van der Waals surface area contributed by atoms with Gasteiger partial charge in [-0.1, -0.05) is 25.1 Å². The molecule has 1 aliphatic heterocycles. The highest BCUT2D eigenvalue weighted by atomic mass is 32.1. The minimum absolute atomic E-state index is 0.834. The topological polar surface area (TPSA) is 29.0 Å². The van der Waals surface area contributed by atoms with E-state index in [4.69, 9.17) is 4.98 Å². The molecule has 118 valence electrons. The van der Waals surface area contributed by atoms with Gasteiger partial charge in [0.05, 0.1) is 5.52 Å². The van der Waals surface area contributed by atoms with Gasteiger partial charge in [0, 0.05) is 35.2 Å². The fourth-order valence-electron chi connectivity index (χ4n) is 3.25. The van der Waals surface area contributed by atoms with E-state index in [-0.39, 0.29) is 0 Å². The van der Waals surface area contributed by atoms with Crippen molar-refractivity contribution in [2.24, 2.45) is 5.92 Å². The molecule has 0 saturated carbocycles. The first kappa shape index (κ1) is 14.6. The SMILES string of the molecule is Cc1csc(-c2cc(N3CCC(C)CC3)c3ccccc3n2)n1. The number of thiazole rings is 1. The van der Waals surface area contributed by atoms with E-state index in [0.29, 0.717) is 0 Å². The zero-order valence-corrected chi connectivity index (χ0v) is 14.4. The summed E-state index contributed by atoms with van der Waals surface area (Å²) in [4.78, 5) is 12.0. The summed E-state index contributed by atoms with van der Waals surface area (Å²) in [6.45, 7) is 6.65. The van der Waals surface area contributed by atoms with Gasteiger partial charge in [-0.3, -0.25) is 0 Å². The third kappa shape index (κ3) is 2.83. The maximum Gasteiger partial charge on any atom is 0.142 e. The van der Waals surface area contributed by atoms with Gasteiger partial charge in [-0.25, -0.2) is 9.97 Å². The van der Waals surface area contributed by atoms with Crippen LogP contribution in [-0.2, 0) is 0 Å². The molecule has 23 heavy (non-hydrogen) atoms. The Balaban J connectivity index is 1.84. The summed E-state index contributed by atoms with van der Waals surface area (Å²) in [5.74, 6) is 0.834. The van der Waals surface area contributed by atoms with Crippen molar-refractivity contribution in [1.82, 2.24) is 9.97 Å². The molecule has 0 N–H and O–H groups in total. The molecule has 0 aliphatic carbocycles. The number of aromatic nitrogens is 2. The first-order valence-corrected chi connectivity index (χ1v) is 9.16. The summed E-state index contributed by atoms with van der Waals surface area (Å²) in [5.41, 5.74) is 4.43. The second-order valence-electron chi connectivity index (χ2n) is 6.51. The van der Waals surface area contributed by atoms with Crippen LogP contribution in [0.5, 0.6) is 0 Å². The van der Waals surface area contributed by atoms with Crippen molar-refractivity contribution in [2.45, 2.75) is 26.7 Å². The van der Waals surface area contributed by atoms with E-state index in [0.717, 1.165) is 40.9 Å². The second kappa shape index (κ2) is 5.93. The summed E-state index contributed by atoms with van der Waals surface area (Å²) in [6, 6.07) is 10.7. The van der Waals surface area contributed by atoms with E-state index >= 15 is 0 Å². The monoisotopic (exact) mass is 323 g/mol. The summed E-state index contributed by atoms with van der Waals surface area (Å²) in [5, 5.41) is 4.35. The van der Waals surface area contributed by atoms with Crippen LogP contribution in [0.1, 0.15) is 25.5 Å². The number of anilines is 1. The van der Waals surface area contributed by atoms with Crippen molar-refractivity contribution in [3.05, 3.63) is 41.4 Å². The van der Waals surface area contributed by atoms with Crippen LogP contribution >= 0.6 is 11.3 Å². The number of benzene rings is 1. The molecule has 0 radical (unpaired) electrons. The molecule has 0 atom stereocenters. The molecule has 0 bridgehead atoms. The van der Waals surface area contributed by atoms with Gasteiger partial charge in [-0.05, 0) is 37.8 Å². The summed E-state index contributed by atoms with van der Waals surface area (Å²) in [7, 11) is 0. The fourth-order valence-corrected chi connectivity index (χ4v) is 4.01. The maximum absolute atomic E-state index is 4.85. The number of pyridine rings is 1. The van der Waals surface area contributed by atoms with Crippen LogP contribution in [-0.4, -0.2) is 23.1 Å². The molecule has 1 aromatic carbocycles. The summed E-state index contributed by atoms with van der Waals surface area (Å²) >= 11 is 1.67. The van der Waals surface area contributed by atoms with Crippen LogP contribution in [0.25, 0.3) is 21.6 Å². The molecule has 3 aromatic rings. The van der Waals surface area contributed by atoms with Gasteiger partial charge >= 0.3 is 0 Å². The zero-order chi connectivity index (χ0) is 15.8. The van der Waals surface area contributed by atoms with Crippen molar-refractivity contribution >= 4 is 27.9 Å². The molecule has 4 heteroatoms. The van der Waals surface area contributed by atoms with Crippen LogP contribution in [0.4, 0.5) is 5.69 Å². The number of aryl methyl sites for hydroxylation is 1. The molecule has 3 nitrogen and oxygen atoms in total. The number of hydrogen-bond donors (Lipinski definition) is 0. The van der Waals surface area contributed by atoms with Gasteiger partial charge < -0.3 is 4.90 Å². The normalized spacial score (nSPS) is 16.2. The third-order valence-electron chi connectivity index (χ3n) is 4.66. The van der Waals surface area contributed by atoms with Crippen molar-refractivity contribution in [3.63, 3.8) is 0 Å². The highest BCUT2D eigenvalue weighted by Crippen LogP contribution is 2.34. The number of hydrogen-bond acceptors (Lipinski definition) is 4. The Labute approximate surface area is 141 Å². The molecule has 0 amide bonds. The molecule has 1 aliphatic rings. The van der Waals surface area contributed by atoms with Gasteiger partial charge in [-0.15, -0.1) is 11.3 Å². The lowest BCUT2D eigenvalue weighted by Gasteiger charge is -2.33. The Kier molecular flexibility index (Phi) is 3.77. The quantitative estimate of drug-likeness (QED) is 0.671. The van der Waals surface area contributed by atoms with Gasteiger partial charge in [0.15, 0.2) is 0 Å². The Bertz CT molecular complexity index is 832. The lowest BCUT2D eigenvalue weighted by molar-refractivity contribution is 0.439. The van der Waals surface area contributed by atoms with E-state index in [2.05, 4.69) is 52.5 Å². The van der Waals surface area contributed by atoms with Crippen LogP contribution in [0.15, 0.2) is 35.7 Å². The highest BCUT2D eigenvalue weighted by molar-refractivity contribution is 7.13. The van der Waals surface area contributed by atoms with Crippen LogP contribution in [0.2, 0.25) is 0 Å². The number of nitrogens with zero attached hydrogens (tertiary/aromatic N) is 3. The minimum Gasteiger partial charge on any atom is -0.371 e. The van der Waals surface area contributed by atoms with Crippen molar-refractivity contribution < 1.29 is 0 Å². The second-order valence-corrected chi connectivity index (χ2v) is 7.37. The van der Waals surface area contributed by atoms with Crippen molar-refractivity contribution in [3.8, 4) is 10.7 Å². The van der Waals surface area contributed by atoms with E-state index in [1.54, 1.807) is 11.3 Å². The molecule has 0 unspecified atom stereocenters. The van der Waals surface area contributed by atoms with Crippen LogP contribution < -0.4 is 4.90 Å². The van der Waals surface area contributed by atoms with Crippen molar-refractivity contribution in [2.75, 3.05) is 18.0 Å². The third-order valence-corrected chi connectivity index (χ3v) is 5.64. The van der Waals surface area contributed by atoms with Gasteiger partial charge in [0.25, 0.3) is 0 Å². The lowest BCUT2D eigenvalue weighted by Crippen LogP contribution is -2.32. The van der Waals surface area contributed by atoms with E-state index in [9.17, 15) is 0 Å². The zero-order valence-electron chi connectivity index (χ0n) is 13.6. The standard InChI is InChI=1S/C19H21N3S/c1-13-7-9-22(10-8-13)18-11-17(19-20-14(2)12-23-19)21-16-6-4-3-5-15(16)18/h3-6,11-13H,7-10H2,1-2H3. The molecule has 1 saturated heterocycles. The summed E-state index contributed by atoms with van der Waals surface area (Å²) in [6.07, 6.45) is 2.53. The number of rotatable bonds is 2. The molecular weight excluding hydrogens is 302 g/mol. The maximum atomic E-state index is 4.85. The fraction of sp³-hybridized carbons (Fsp3) is 0.368. The molecule has 1 fully saturated rings. The largest absolute Gasteiger partial charge is 0.371 e. The predicted molar refractivity (Wildman–Crippen MR) is 98.2 cm³/mol. The number of para-hydroxylation sites is 1. The Morgan fingerprint density at radius 2 is 1.91 bits per heavy atom. The first-order valence-electron chi connectivity index (χ1n) is 8.28. The Hall–Kier alpha value is -1.94. The van der Waals surface area contributed by atoms with Crippen LogP contribution in [0, 0.1) is 12.8 Å². The molecule has 2 aromatic heterocycles. The Morgan fingerprint density at radius 3 is 2.65 bits per heavy atom. The van der Waals surface area contributed by atoms with E-state index < -0.39 is 0 Å². The molecular formula is C19H21N3S. The smallest absolute Gasteiger partial charge is 0.142 e. The molecule has 4 rings (SSSR count). The average Bonchev–Trinajstić information content (AvgIpc) is 3.01.